The molecule has 0 aliphatic rings. The van der Waals surface area contributed by atoms with E-state index in [1.165, 1.54) is 12.1 Å². The van der Waals surface area contributed by atoms with Crippen LogP contribution in [0.1, 0.15) is 23.2 Å². The standard InChI is InChI=1S/C12H13FO3/c1-2-3-4-7-16-9-5-6-10(12(14)15)11(13)8-9/h2,5-6,8H,1,3-4,7H2,(H,14,15). The van der Waals surface area contributed by atoms with Gasteiger partial charge in [-0.3, -0.25) is 0 Å². The summed E-state index contributed by atoms with van der Waals surface area (Å²) in [6.07, 6.45) is 3.40. The molecular formula is C12H13FO3. The minimum atomic E-state index is -1.28. The number of benzene rings is 1. The number of allylic oxidation sites excluding steroid dienone is 1. The van der Waals surface area contributed by atoms with Crippen LogP contribution in [-0.2, 0) is 0 Å². The zero-order valence-corrected chi connectivity index (χ0v) is 8.78. The highest BCUT2D eigenvalue weighted by atomic mass is 19.1. The molecule has 0 fully saturated rings. The minimum absolute atomic E-state index is 0.339. The second-order valence-corrected chi connectivity index (χ2v) is 3.23. The van der Waals surface area contributed by atoms with Gasteiger partial charge in [0.15, 0.2) is 0 Å². The largest absolute Gasteiger partial charge is 0.493 e. The maximum atomic E-state index is 13.2. The molecule has 0 atom stereocenters. The molecule has 86 valence electrons. The fraction of sp³-hybridized carbons (Fsp3) is 0.250. The molecule has 0 saturated heterocycles. The predicted molar refractivity (Wildman–Crippen MR) is 58.3 cm³/mol. The molecule has 0 saturated carbocycles. The van der Waals surface area contributed by atoms with Gasteiger partial charge >= 0.3 is 5.97 Å². The Morgan fingerprint density at radius 1 is 1.56 bits per heavy atom. The van der Waals surface area contributed by atoms with Gasteiger partial charge in [-0.25, -0.2) is 9.18 Å². The van der Waals surface area contributed by atoms with Crippen molar-refractivity contribution < 1.29 is 19.0 Å². The number of carbonyl (C=O) groups is 1. The molecule has 1 N–H and O–H groups in total. The first kappa shape index (κ1) is 12.2. The smallest absolute Gasteiger partial charge is 0.338 e. The van der Waals surface area contributed by atoms with Crippen molar-refractivity contribution in [2.75, 3.05) is 6.61 Å². The zero-order chi connectivity index (χ0) is 12.0. The quantitative estimate of drug-likeness (QED) is 0.597. The molecule has 0 aromatic heterocycles. The first-order chi connectivity index (χ1) is 7.65. The molecule has 16 heavy (non-hydrogen) atoms. The van der Waals surface area contributed by atoms with Gasteiger partial charge < -0.3 is 9.84 Å². The van der Waals surface area contributed by atoms with Crippen molar-refractivity contribution in [2.45, 2.75) is 12.8 Å². The number of rotatable bonds is 6. The van der Waals surface area contributed by atoms with Crippen molar-refractivity contribution in [1.29, 1.82) is 0 Å². The highest BCUT2D eigenvalue weighted by Crippen LogP contribution is 2.17. The summed E-state index contributed by atoms with van der Waals surface area (Å²) in [5.74, 6) is -1.73. The Kier molecular flexibility index (Phi) is 4.51. The Balaban J connectivity index is 2.59. The molecule has 1 aromatic carbocycles. The predicted octanol–water partition coefficient (Wildman–Crippen LogP) is 2.87. The molecule has 0 heterocycles. The number of carboxylic acid groups (broad SMARTS) is 1. The van der Waals surface area contributed by atoms with E-state index in [1.54, 1.807) is 6.08 Å². The second-order valence-electron chi connectivity index (χ2n) is 3.23. The lowest BCUT2D eigenvalue weighted by Crippen LogP contribution is -2.02. The van der Waals surface area contributed by atoms with E-state index in [0.29, 0.717) is 12.4 Å². The Morgan fingerprint density at radius 3 is 2.88 bits per heavy atom. The van der Waals surface area contributed by atoms with Crippen LogP contribution in [0, 0.1) is 5.82 Å². The van der Waals surface area contributed by atoms with E-state index >= 15 is 0 Å². The fourth-order valence-electron chi connectivity index (χ4n) is 1.18. The van der Waals surface area contributed by atoms with Gasteiger partial charge in [-0.05, 0) is 25.0 Å². The van der Waals surface area contributed by atoms with Crippen molar-refractivity contribution in [1.82, 2.24) is 0 Å². The van der Waals surface area contributed by atoms with Gasteiger partial charge in [-0.1, -0.05) is 6.08 Å². The Morgan fingerprint density at radius 2 is 2.31 bits per heavy atom. The molecule has 1 rings (SSSR count). The topological polar surface area (TPSA) is 46.5 Å². The molecule has 0 amide bonds. The van der Waals surface area contributed by atoms with Crippen LogP contribution in [-0.4, -0.2) is 17.7 Å². The zero-order valence-electron chi connectivity index (χ0n) is 8.78. The van der Waals surface area contributed by atoms with E-state index in [4.69, 9.17) is 9.84 Å². The summed E-state index contributed by atoms with van der Waals surface area (Å²) in [5.41, 5.74) is -0.349. The average Bonchev–Trinajstić information content (AvgIpc) is 2.24. The van der Waals surface area contributed by atoms with E-state index in [1.807, 2.05) is 0 Å². The van der Waals surface area contributed by atoms with Crippen molar-refractivity contribution >= 4 is 5.97 Å². The SMILES string of the molecule is C=CCCCOc1ccc(C(=O)O)c(F)c1. The van der Waals surface area contributed by atoms with E-state index in [9.17, 15) is 9.18 Å². The van der Waals surface area contributed by atoms with Crippen LogP contribution >= 0.6 is 0 Å². The summed E-state index contributed by atoms with van der Waals surface area (Å²) >= 11 is 0. The number of aromatic carboxylic acids is 1. The maximum absolute atomic E-state index is 13.2. The summed E-state index contributed by atoms with van der Waals surface area (Å²) < 4.78 is 18.4. The third kappa shape index (κ3) is 3.38. The summed E-state index contributed by atoms with van der Waals surface area (Å²) in [5, 5.41) is 8.61. The van der Waals surface area contributed by atoms with Gasteiger partial charge in [0.25, 0.3) is 0 Å². The molecular weight excluding hydrogens is 211 g/mol. The molecule has 0 aliphatic carbocycles. The van der Waals surface area contributed by atoms with Crippen LogP contribution in [0.15, 0.2) is 30.9 Å². The summed E-state index contributed by atoms with van der Waals surface area (Å²) in [4.78, 5) is 10.5. The van der Waals surface area contributed by atoms with Crippen molar-refractivity contribution in [3.8, 4) is 5.75 Å². The molecule has 1 aromatic rings. The first-order valence-electron chi connectivity index (χ1n) is 4.91. The van der Waals surface area contributed by atoms with Crippen LogP contribution in [0.4, 0.5) is 4.39 Å². The van der Waals surface area contributed by atoms with Crippen molar-refractivity contribution in [3.05, 3.63) is 42.2 Å². The normalized spacial score (nSPS) is 9.81. The number of hydrogen-bond donors (Lipinski definition) is 1. The Bertz CT molecular complexity index is 388. The lowest BCUT2D eigenvalue weighted by Gasteiger charge is -2.06. The molecule has 0 spiro atoms. The molecule has 0 radical (unpaired) electrons. The van der Waals surface area contributed by atoms with E-state index < -0.39 is 11.8 Å². The molecule has 0 bridgehead atoms. The summed E-state index contributed by atoms with van der Waals surface area (Å²) in [6.45, 7) is 4.03. The molecule has 3 nitrogen and oxygen atoms in total. The van der Waals surface area contributed by atoms with Crippen LogP contribution in [0.5, 0.6) is 5.75 Å². The van der Waals surface area contributed by atoms with Crippen LogP contribution in [0.25, 0.3) is 0 Å². The van der Waals surface area contributed by atoms with Gasteiger partial charge in [0.1, 0.15) is 11.6 Å². The van der Waals surface area contributed by atoms with Gasteiger partial charge in [-0.15, -0.1) is 6.58 Å². The molecule has 0 aliphatic heterocycles. The summed E-state index contributed by atoms with van der Waals surface area (Å²) in [6, 6.07) is 3.72. The monoisotopic (exact) mass is 224 g/mol. The van der Waals surface area contributed by atoms with Gasteiger partial charge in [-0.2, -0.15) is 0 Å². The minimum Gasteiger partial charge on any atom is -0.493 e. The second kappa shape index (κ2) is 5.90. The lowest BCUT2D eigenvalue weighted by atomic mass is 10.2. The first-order valence-corrected chi connectivity index (χ1v) is 4.91. The summed E-state index contributed by atoms with van der Waals surface area (Å²) in [7, 11) is 0. The average molecular weight is 224 g/mol. The van der Waals surface area contributed by atoms with Crippen LogP contribution < -0.4 is 4.74 Å². The highest BCUT2D eigenvalue weighted by Gasteiger charge is 2.10. The number of ether oxygens (including phenoxy) is 1. The fourth-order valence-corrected chi connectivity index (χ4v) is 1.18. The van der Waals surface area contributed by atoms with Crippen molar-refractivity contribution in [2.24, 2.45) is 0 Å². The maximum Gasteiger partial charge on any atom is 0.338 e. The van der Waals surface area contributed by atoms with Crippen molar-refractivity contribution in [3.63, 3.8) is 0 Å². The van der Waals surface area contributed by atoms with Crippen LogP contribution in [0.2, 0.25) is 0 Å². The Hall–Kier alpha value is -1.84. The van der Waals surface area contributed by atoms with Gasteiger partial charge in [0.05, 0.1) is 12.2 Å². The lowest BCUT2D eigenvalue weighted by molar-refractivity contribution is 0.0692. The molecule has 4 heteroatoms. The van der Waals surface area contributed by atoms with Gasteiger partial charge in [0.2, 0.25) is 0 Å². The van der Waals surface area contributed by atoms with E-state index in [0.717, 1.165) is 18.9 Å². The van der Waals surface area contributed by atoms with E-state index in [-0.39, 0.29) is 5.56 Å². The Labute approximate surface area is 93.2 Å². The molecule has 0 unspecified atom stereocenters. The third-order valence-corrected chi connectivity index (χ3v) is 1.99. The third-order valence-electron chi connectivity index (χ3n) is 1.99. The van der Waals surface area contributed by atoms with Crippen LogP contribution in [0.3, 0.4) is 0 Å². The van der Waals surface area contributed by atoms with Gasteiger partial charge in [0, 0.05) is 6.07 Å². The number of unbranched alkanes of at least 4 members (excludes halogenated alkanes) is 1. The van der Waals surface area contributed by atoms with E-state index in [2.05, 4.69) is 6.58 Å². The number of halogens is 1. The number of hydrogen-bond acceptors (Lipinski definition) is 2. The number of carboxylic acids is 1. The highest BCUT2D eigenvalue weighted by molar-refractivity contribution is 5.88.